The number of hydroxylamine groups is 2. The number of carbonyl (C=O) groups excluding carboxylic acids is 1. The number of hydrogen-bond donors (Lipinski definition) is 2. The summed E-state index contributed by atoms with van der Waals surface area (Å²) in [5, 5.41) is 18.8. The molecule has 166 valence electrons. The van der Waals surface area contributed by atoms with E-state index in [-0.39, 0.29) is 6.04 Å². The summed E-state index contributed by atoms with van der Waals surface area (Å²) in [4.78, 5) is 13.3. The van der Waals surface area contributed by atoms with Crippen LogP contribution in [0.5, 0.6) is 0 Å². The number of nitrogens with zero attached hydrogens (tertiary/aromatic N) is 3. The van der Waals surface area contributed by atoms with Crippen LogP contribution >= 0.6 is 0 Å². The third-order valence-corrected chi connectivity index (χ3v) is 5.84. The first kappa shape index (κ1) is 22.0. The molecule has 1 aliphatic heterocycles. The maximum Gasteiger partial charge on any atom is 0.233 e. The van der Waals surface area contributed by atoms with Gasteiger partial charge in [0, 0.05) is 48.3 Å². The molecule has 1 fully saturated rings. The highest BCUT2D eigenvalue weighted by atomic mass is 16.5. The van der Waals surface area contributed by atoms with Crippen molar-refractivity contribution in [2.45, 2.75) is 32.4 Å². The predicted molar refractivity (Wildman–Crippen MR) is 122 cm³/mol. The molecule has 1 atom stereocenters. The van der Waals surface area contributed by atoms with Gasteiger partial charge in [-0.25, -0.2) is 5.06 Å². The number of amides is 1. The van der Waals surface area contributed by atoms with Crippen molar-refractivity contribution in [3.63, 3.8) is 0 Å². The molecule has 1 aromatic heterocycles. The van der Waals surface area contributed by atoms with Crippen LogP contribution in [-0.4, -0.2) is 64.1 Å². The quantitative estimate of drug-likeness (QED) is 0.260. The van der Waals surface area contributed by atoms with E-state index < -0.39 is 0 Å². The van der Waals surface area contributed by atoms with Gasteiger partial charge in [-0.3, -0.25) is 20.0 Å². The fraction of sp³-hybridized carbons (Fsp3) is 0.360. The number of H-pyrrole nitrogens is 1. The van der Waals surface area contributed by atoms with Crippen molar-refractivity contribution >= 4 is 17.3 Å². The van der Waals surface area contributed by atoms with E-state index in [2.05, 4.69) is 51.2 Å². The summed E-state index contributed by atoms with van der Waals surface area (Å²) in [6.07, 6.45) is 1.59. The fourth-order valence-electron chi connectivity index (χ4n) is 3.90. The Morgan fingerprint density at radius 1 is 1.19 bits per heavy atom. The van der Waals surface area contributed by atoms with Crippen LogP contribution in [0.2, 0.25) is 0 Å². The zero-order valence-electron chi connectivity index (χ0n) is 18.3. The Bertz CT molecular complexity index is 1110. The number of carbonyl (C=O) groups is 1. The number of benzene rings is 2. The van der Waals surface area contributed by atoms with E-state index in [1.54, 1.807) is 0 Å². The Hall–Kier alpha value is -3.18. The van der Waals surface area contributed by atoms with E-state index in [1.165, 1.54) is 5.56 Å². The second-order valence-corrected chi connectivity index (χ2v) is 8.02. The van der Waals surface area contributed by atoms with Crippen LogP contribution in [0.25, 0.3) is 10.9 Å². The number of morpholine rings is 1. The molecule has 1 unspecified atom stereocenters. The summed E-state index contributed by atoms with van der Waals surface area (Å²) < 4.78 is 5.40. The topological polar surface area (TPSA) is 81.7 Å². The highest BCUT2D eigenvalue weighted by Crippen LogP contribution is 2.20. The van der Waals surface area contributed by atoms with Gasteiger partial charge in [0.2, 0.25) is 6.41 Å². The van der Waals surface area contributed by atoms with Gasteiger partial charge in [0.15, 0.2) is 0 Å². The molecule has 0 spiro atoms. The summed E-state index contributed by atoms with van der Waals surface area (Å²) in [6, 6.07) is 14.0. The van der Waals surface area contributed by atoms with Crippen LogP contribution in [0.3, 0.4) is 0 Å². The van der Waals surface area contributed by atoms with Crippen LogP contribution < -0.4 is 0 Å². The number of fused-ring (bicyclic) bond motifs is 1. The number of hydrogen-bond acceptors (Lipinski definition) is 5. The standard InChI is InChI=1S/C25H28N4O3/c1-2-22(29(31)18-30)16-25-23-10-9-20(15-24(23)26-27-25)6-3-19-4-7-21(8-5-19)17-28-11-13-32-14-12-28/h4-5,7-10,15,18,22,31H,2,11-14,16-17H2,1H3,(H,26,27). The van der Waals surface area contributed by atoms with Gasteiger partial charge in [-0.1, -0.05) is 30.9 Å². The number of nitrogens with one attached hydrogen (secondary N) is 1. The second kappa shape index (κ2) is 10.4. The molecule has 7 heteroatoms. The first-order chi connectivity index (χ1) is 15.7. The molecular formula is C25H28N4O3. The van der Waals surface area contributed by atoms with Crippen molar-refractivity contribution in [2.75, 3.05) is 26.3 Å². The summed E-state index contributed by atoms with van der Waals surface area (Å²) in [7, 11) is 0. The summed E-state index contributed by atoms with van der Waals surface area (Å²) in [5.41, 5.74) is 4.85. The molecule has 0 radical (unpaired) electrons. The average molecular weight is 433 g/mol. The molecule has 0 saturated carbocycles. The SMILES string of the molecule is CCC(Cc1[nH]nc2cc(C#Cc3ccc(CN4CCOCC4)cc3)ccc12)N(O)C=O. The highest BCUT2D eigenvalue weighted by Gasteiger charge is 2.17. The van der Waals surface area contributed by atoms with Crippen LogP contribution in [-0.2, 0) is 22.5 Å². The van der Waals surface area contributed by atoms with Gasteiger partial charge in [0.05, 0.1) is 24.8 Å². The molecule has 4 rings (SSSR count). The second-order valence-electron chi connectivity index (χ2n) is 8.02. The number of aromatic nitrogens is 2. The number of rotatable bonds is 7. The van der Waals surface area contributed by atoms with Crippen molar-refractivity contribution in [3.05, 3.63) is 64.8 Å². The van der Waals surface area contributed by atoms with Crippen LogP contribution in [0.15, 0.2) is 42.5 Å². The molecule has 3 aromatic rings. The molecule has 32 heavy (non-hydrogen) atoms. The molecule has 2 aromatic carbocycles. The van der Waals surface area contributed by atoms with Gasteiger partial charge in [-0.15, -0.1) is 0 Å². The highest BCUT2D eigenvalue weighted by molar-refractivity contribution is 5.82. The van der Waals surface area contributed by atoms with E-state index >= 15 is 0 Å². The minimum atomic E-state index is -0.290. The average Bonchev–Trinajstić information content (AvgIpc) is 3.24. The Balaban J connectivity index is 1.43. The molecule has 7 nitrogen and oxygen atoms in total. The Kier molecular flexibility index (Phi) is 7.17. The van der Waals surface area contributed by atoms with Gasteiger partial charge >= 0.3 is 0 Å². The molecule has 1 aliphatic rings. The normalized spacial score (nSPS) is 15.2. The van der Waals surface area contributed by atoms with Gasteiger partial charge in [-0.05, 0) is 42.3 Å². The van der Waals surface area contributed by atoms with Crippen molar-refractivity contribution in [2.24, 2.45) is 0 Å². The lowest BCUT2D eigenvalue weighted by molar-refractivity contribution is -0.160. The van der Waals surface area contributed by atoms with Crippen molar-refractivity contribution in [1.82, 2.24) is 20.2 Å². The summed E-state index contributed by atoms with van der Waals surface area (Å²) in [5.74, 6) is 6.44. The first-order valence-electron chi connectivity index (χ1n) is 11.0. The van der Waals surface area contributed by atoms with Gasteiger partial charge in [0.1, 0.15) is 0 Å². The lowest BCUT2D eigenvalue weighted by Crippen LogP contribution is -2.35. The Labute approximate surface area is 187 Å². The van der Waals surface area contributed by atoms with Crippen molar-refractivity contribution in [1.29, 1.82) is 0 Å². The third kappa shape index (κ3) is 5.35. The maximum atomic E-state index is 10.9. The molecule has 1 saturated heterocycles. The number of ether oxygens (including phenoxy) is 1. The minimum absolute atomic E-state index is 0.290. The minimum Gasteiger partial charge on any atom is -0.379 e. The van der Waals surface area contributed by atoms with E-state index in [1.807, 2.05) is 25.1 Å². The molecule has 2 heterocycles. The summed E-state index contributed by atoms with van der Waals surface area (Å²) in [6.45, 7) is 6.45. The third-order valence-electron chi connectivity index (χ3n) is 5.84. The van der Waals surface area contributed by atoms with Gasteiger partial charge in [-0.2, -0.15) is 5.10 Å². The molecule has 0 aliphatic carbocycles. The fourth-order valence-corrected chi connectivity index (χ4v) is 3.90. The van der Waals surface area contributed by atoms with Crippen LogP contribution in [0.4, 0.5) is 0 Å². The zero-order valence-corrected chi connectivity index (χ0v) is 18.3. The maximum absolute atomic E-state index is 10.9. The van der Waals surface area contributed by atoms with Crippen LogP contribution in [0.1, 0.15) is 35.7 Å². The largest absolute Gasteiger partial charge is 0.379 e. The van der Waals surface area contributed by atoms with Crippen molar-refractivity contribution < 1.29 is 14.7 Å². The lowest BCUT2D eigenvalue weighted by atomic mass is 10.0. The van der Waals surface area contributed by atoms with E-state index in [0.29, 0.717) is 19.3 Å². The molecule has 0 bridgehead atoms. The predicted octanol–water partition coefficient (Wildman–Crippen LogP) is 2.96. The van der Waals surface area contributed by atoms with Gasteiger partial charge in [0.25, 0.3) is 0 Å². The Morgan fingerprint density at radius 3 is 2.62 bits per heavy atom. The molecular weight excluding hydrogens is 404 g/mol. The van der Waals surface area contributed by atoms with E-state index in [4.69, 9.17) is 4.74 Å². The molecule has 1 amide bonds. The van der Waals surface area contributed by atoms with E-state index in [9.17, 15) is 10.0 Å². The lowest BCUT2D eigenvalue weighted by Gasteiger charge is -2.26. The zero-order chi connectivity index (χ0) is 22.3. The monoisotopic (exact) mass is 432 g/mol. The van der Waals surface area contributed by atoms with Gasteiger partial charge < -0.3 is 4.74 Å². The smallest absolute Gasteiger partial charge is 0.233 e. The van der Waals surface area contributed by atoms with Crippen LogP contribution in [0, 0.1) is 11.8 Å². The molecule has 2 N–H and O–H groups in total. The van der Waals surface area contributed by atoms with E-state index in [0.717, 1.165) is 65.6 Å². The number of aromatic amines is 1. The van der Waals surface area contributed by atoms with Crippen molar-refractivity contribution in [3.8, 4) is 11.8 Å². The first-order valence-corrected chi connectivity index (χ1v) is 11.0. The Morgan fingerprint density at radius 2 is 1.91 bits per heavy atom. The summed E-state index contributed by atoms with van der Waals surface area (Å²) >= 11 is 0.